The lowest BCUT2D eigenvalue weighted by molar-refractivity contribution is 0.801. The Bertz CT molecular complexity index is 844. The van der Waals surface area contributed by atoms with Crippen molar-refractivity contribution in [3.05, 3.63) is 67.9 Å². The van der Waals surface area contributed by atoms with E-state index in [1.807, 2.05) is 0 Å². The molecule has 3 rings (SSSR count). The molecule has 0 aromatic heterocycles. The van der Waals surface area contributed by atoms with Crippen molar-refractivity contribution in [2.45, 2.75) is 79.1 Å². The second kappa shape index (κ2) is 11.0. The molecular formula is C27H37Br2ClN2. The molecule has 0 radical (unpaired) electrons. The van der Waals surface area contributed by atoms with Crippen LogP contribution in [-0.2, 0) is 0 Å². The van der Waals surface area contributed by atoms with Gasteiger partial charge in [0.05, 0.1) is 6.67 Å². The summed E-state index contributed by atoms with van der Waals surface area (Å²) in [7, 11) is 0. The predicted molar refractivity (Wildman–Crippen MR) is 151 cm³/mol. The summed E-state index contributed by atoms with van der Waals surface area (Å²) in [6, 6.07) is 9.17. The third-order valence-corrected chi connectivity index (χ3v) is 6.98. The molecule has 0 spiro atoms. The first-order valence-electron chi connectivity index (χ1n) is 11.4. The summed E-state index contributed by atoms with van der Waals surface area (Å²) in [6.07, 6.45) is 4.52. The molecule has 1 heterocycles. The first kappa shape index (κ1) is 27.3. The van der Waals surface area contributed by atoms with Crippen molar-refractivity contribution in [1.29, 1.82) is 0 Å². The van der Waals surface area contributed by atoms with E-state index in [1.54, 1.807) is 0 Å². The average molecular weight is 585 g/mol. The quantitative estimate of drug-likeness (QED) is 0.333. The molecule has 0 saturated heterocycles. The minimum absolute atomic E-state index is 0. The molecule has 1 aliphatic rings. The number of hydrogen-bond donors (Lipinski definition) is 0. The van der Waals surface area contributed by atoms with Gasteiger partial charge in [-0.2, -0.15) is 0 Å². The fraction of sp³-hybridized carbons (Fsp3) is 0.481. The van der Waals surface area contributed by atoms with Gasteiger partial charge < -0.3 is 9.80 Å². The zero-order chi connectivity index (χ0) is 23.0. The first-order chi connectivity index (χ1) is 14.5. The number of anilines is 2. The van der Waals surface area contributed by atoms with Crippen LogP contribution >= 0.6 is 44.3 Å². The van der Waals surface area contributed by atoms with Gasteiger partial charge in [0.2, 0.25) is 0 Å². The molecule has 2 nitrogen and oxygen atoms in total. The van der Waals surface area contributed by atoms with Gasteiger partial charge in [-0.05, 0) is 70.2 Å². The molecule has 5 heteroatoms. The minimum atomic E-state index is 0. The molecule has 0 bridgehead atoms. The van der Waals surface area contributed by atoms with E-state index in [2.05, 4.69) is 134 Å². The smallest absolute Gasteiger partial charge is 0.0989 e. The summed E-state index contributed by atoms with van der Waals surface area (Å²) in [5.41, 5.74) is 8.31. The normalized spacial score (nSPS) is 13.8. The van der Waals surface area contributed by atoms with Crippen LogP contribution in [0, 0.1) is 0 Å². The van der Waals surface area contributed by atoms with Crippen molar-refractivity contribution in [1.82, 2.24) is 0 Å². The fourth-order valence-corrected chi connectivity index (χ4v) is 5.40. The van der Waals surface area contributed by atoms with E-state index in [4.69, 9.17) is 0 Å². The van der Waals surface area contributed by atoms with Crippen LogP contribution in [0.4, 0.5) is 11.4 Å². The van der Waals surface area contributed by atoms with Gasteiger partial charge in [0.15, 0.2) is 0 Å². The third-order valence-electron chi connectivity index (χ3n) is 6.06. The Balaban J connectivity index is 0.00000363. The summed E-state index contributed by atoms with van der Waals surface area (Å²) in [4.78, 5) is 4.88. The molecule has 2 aromatic rings. The van der Waals surface area contributed by atoms with Gasteiger partial charge in [0, 0.05) is 32.7 Å². The Labute approximate surface area is 218 Å². The summed E-state index contributed by atoms with van der Waals surface area (Å²) >= 11 is 7.49. The highest BCUT2D eigenvalue weighted by molar-refractivity contribution is 9.10. The highest BCUT2D eigenvalue weighted by Crippen LogP contribution is 2.43. The third kappa shape index (κ3) is 5.56. The van der Waals surface area contributed by atoms with E-state index >= 15 is 0 Å². The fourth-order valence-electron chi connectivity index (χ4n) is 4.42. The lowest BCUT2D eigenvalue weighted by atomic mass is 9.91. The van der Waals surface area contributed by atoms with Crippen molar-refractivity contribution in [2.24, 2.45) is 0 Å². The number of nitrogens with zero attached hydrogens (tertiary/aromatic N) is 2. The highest BCUT2D eigenvalue weighted by atomic mass is 79.9. The number of benzene rings is 2. The molecule has 0 atom stereocenters. The van der Waals surface area contributed by atoms with Gasteiger partial charge in [0.25, 0.3) is 0 Å². The molecule has 1 aliphatic heterocycles. The molecule has 0 amide bonds. The van der Waals surface area contributed by atoms with E-state index in [0.29, 0.717) is 23.7 Å². The largest absolute Gasteiger partial charge is 0.327 e. The van der Waals surface area contributed by atoms with Crippen molar-refractivity contribution in [3.63, 3.8) is 0 Å². The van der Waals surface area contributed by atoms with Crippen molar-refractivity contribution < 1.29 is 0 Å². The maximum absolute atomic E-state index is 3.75. The van der Waals surface area contributed by atoms with Crippen molar-refractivity contribution in [3.8, 4) is 0 Å². The van der Waals surface area contributed by atoms with Gasteiger partial charge >= 0.3 is 0 Å². The summed E-state index contributed by atoms with van der Waals surface area (Å²) < 4.78 is 2.33. The zero-order valence-electron chi connectivity index (χ0n) is 20.5. The molecule has 0 N–H and O–H groups in total. The van der Waals surface area contributed by atoms with E-state index in [9.17, 15) is 0 Å². The van der Waals surface area contributed by atoms with Crippen LogP contribution in [0.2, 0.25) is 0 Å². The van der Waals surface area contributed by atoms with Crippen LogP contribution in [0.5, 0.6) is 0 Å². The SMILES string of the molecule is CC(C)c1cc(Br)cc(C(C)C)c1N1C=CN(c2c(C(C)C)cc(Br)cc2C(C)C)C1.Cl. The summed E-state index contributed by atoms with van der Waals surface area (Å²) in [6.45, 7) is 19.1. The molecule has 0 aliphatic carbocycles. The van der Waals surface area contributed by atoms with Gasteiger partial charge in [-0.25, -0.2) is 0 Å². The maximum atomic E-state index is 3.75. The Hall–Kier alpha value is -0.970. The topological polar surface area (TPSA) is 6.48 Å². The summed E-state index contributed by atoms with van der Waals surface area (Å²) in [5.74, 6) is 1.82. The van der Waals surface area contributed by atoms with Gasteiger partial charge in [-0.15, -0.1) is 12.4 Å². The molecular weight excluding hydrogens is 548 g/mol. The van der Waals surface area contributed by atoms with Crippen LogP contribution in [0.3, 0.4) is 0 Å². The Morgan fingerprint density at radius 1 is 0.562 bits per heavy atom. The molecule has 0 fully saturated rings. The van der Waals surface area contributed by atoms with Crippen LogP contribution in [-0.4, -0.2) is 6.67 Å². The first-order valence-corrected chi connectivity index (χ1v) is 13.0. The van der Waals surface area contributed by atoms with Crippen molar-refractivity contribution >= 4 is 55.6 Å². The standard InChI is InChI=1S/C27H36Br2N2.ClH/c1-16(2)22-11-20(28)12-23(17(3)4)26(22)30-9-10-31(15-30)27-24(18(5)6)13-21(29)14-25(27)19(7)8;/h9-14,16-19H,15H2,1-8H3;1H. The second-order valence-corrected chi connectivity index (χ2v) is 11.7. The van der Waals surface area contributed by atoms with Gasteiger partial charge in [-0.3, -0.25) is 0 Å². The number of hydrogen-bond acceptors (Lipinski definition) is 2. The zero-order valence-corrected chi connectivity index (χ0v) is 24.5. The Morgan fingerprint density at radius 3 is 1.03 bits per heavy atom. The predicted octanol–water partition coefficient (Wildman–Crippen LogP) is 9.88. The van der Waals surface area contributed by atoms with E-state index in [0.717, 1.165) is 6.67 Å². The van der Waals surface area contributed by atoms with Gasteiger partial charge in [-0.1, -0.05) is 87.2 Å². The van der Waals surface area contributed by atoms with Gasteiger partial charge in [0.1, 0.15) is 0 Å². The summed E-state index contributed by atoms with van der Waals surface area (Å²) in [5, 5.41) is 0. The monoisotopic (exact) mass is 582 g/mol. The van der Waals surface area contributed by atoms with Crippen LogP contribution in [0.1, 0.15) is 101 Å². The Kier molecular flexibility index (Phi) is 9.35. The molecule has 0 unspecified atom stereocenters. The maximum Gasteiger partial charge on any atom is 0.0989 e. The van der Waals surface area contributed by atoms with E-state index in [1.165, 1.54) is 42.6 Å². The van der Waals surface area contributed by atoms with Crippen LogP contribution in [0.25, 0.3) is 0 Å². The Morgan fingerprint density at radius 2 is 0.812 bits per heavy atom. The number of rotatable bonds is 6. The molecule has 176 valence electrons. The van der Waals surface area contributed by atoms with E-state index < -0.39 is 0 Å². The molecule has 2 aromatic carbocycles. The molecule has 0 saturated carbocycles. The van der Waals surface area contributed by atoms with Crippen molar-refractivity contribution in [2.75, 3.05) is 16.5 Å². The molecule has 32 heavy (non-hydrogen) atoms. The lowest BCUT2D eigenvalue weighted by Crippen LogP contribution is -2.28. The van der Waals surface area contributed by atoms with E-state index in [-0.39, 0.29) is 12.4 Å². The lowest BCUT2D eigenvalue weighted by Gasteiger charge is -2.31. The second-order valence-electron chi connectivity index (χ2n) is 9.86. The highest BCUT2D eigenvalue weighted by Gasteiger charge is 2.27. The average Bonchev–Trinajstić information content (AvgIpc) is 3.15. The number of halogens is 3. The van der Waals surface area contributed by atoms with Crippen LogP contribution in [0.15, 0.2) is 45.6 Å². The van der Waals surface area contributed by atoms with Crippen LogP contribution < -0.4 is 9.80 Å². The minimum Gasteiger partial charge on any atom is -0.327 e.